The van der Waals surface area contributed by atoms with Crippen LogP contribution in [0.25, 0.3) is 0 Å². The SMILES string of the molecule is Cc1csc(NC(=O)c2ccncc2NC(=O)c2ccc(N3CCCC3)cc2OC2CCN(C(=O)OC(C)(C)C)CC2)n1. The fourth-order valence-electron chi connectivity index (χ4n) is 5.09. The van der Waals surface area contributed by atoms with Crippen molar-refractivity contribution < 1.29 is 23.9 Å². The van der Waals surface area contributed by atoms with E-state index >= 15 is 0 Å². The van der Waals surface area contributed by atoms with Crippen LogP contribution in [-0.2, 0) is 4.74 Å². The number of rotatable bonds is 7. The molecule has 228 valence electrons. The van der Waals surface area contributed by atoms with Crippen LogP contribution in [-0.4, -0.2) is 70.7 Å². The van der Waals surface area contributed by atoms with Crippen LogP contribution < -0.4 is 20.3 Å². The predicted octanol–water partition coefficient (Wildman–Crippen LogP) is 5.73. The molecule has 0 aliphatic carbocycles. The zero-order chi connectivity index (χ0) is 30.6. The predicted molar refractivity (Wildman–Crippen MR) is 166 cm³/mol. The number of aromatic nitrogens is 2. The lowest BCUT2D eigenvalue weighted by Crippen LogP contribution is -2.44. The normalized spacial score (nSPS) is 15.7. The number of anilines is 3. The van der Waals surface area contributed by atoms with Crippen LogP contribution in [0.3, 0.4) is 0 Å². The summed E-state index contributed by atoms with van der Waals surface area (Å²) >= 11 is 1.33. The van der Waals surface area contributed by atoms with E-state index in [0.717, 1.165) is 37.3 Å². The molecule has 5 rings (SSSR count). The van der Waals surface area contributed by atoms with E-state index in [2.05, 4.69) is 25.5 Å². The van der Waals surface area contributed by atoms with Crippen molar-refractivity contribution in [3.05, 3.63) is 58.9 Å². The van der Waals surface area contributed by atoms with Crippen molar-refractivity contribution in [1.82, 2.24) is 14.9 Å². The Balaban J connectivity index is 1.32. The highest BCUT2D eigenvalue weighted by Crippen LogP contribution is 2.31. The maximum absolute atomic E-state index is 13.7. The number of hydrogen-bond donors (Lipinski definition) is 2. The van der Waals surface area contributed by atoms with Crippen LogP contribution in [0.1, 0.15) is 72.9 Å². The number of amides is 3. The molecule has 2 aromatic heterocycles. The van der Waals surface area contributed by atoms with Crippen molar-refractivity contribution in [2.24, 2.45) is 0 Å². The Morgan fingerprint density at radius 1 is 0.977 bits per heavy atom. The van der Waals surface area contributed by atoms with E-state index in [4.69, 9.17) is 9.47 Å². The number of carbonyl (C=O) groups excluding carboxylic acids is 3. The second kappa shape index (κ2) is 13.0. The number of hydrogen-bond acceptors (Lipinski definition) is 9. The van der Waals surface area contributed by atoms with Gasteiger partial charge in [0.1, 0.15) is 17.5 Å². The molecule has 0 radical (unpaired) electrons. The standard InChI is InChI=1S/C31H38N6O5S/c1-20-19-43-29(33-20)35-27(38)23-9-12-32-18-25(23)34-28(39)24-8-7-21(36-13-5-6-14-36)17-26(24)41-22-10-15-37(16-11-22)30(40)42-31(2,3)4/h7-9,12,17-19,22H,5-6,10-11,13-16H2,1-4H3,(H,34,39)(H,33,35,38). The molecule has 0 bridgehead atoms. The van der Waals surface area contributed by atoms with Crippen molar-refractivity contribution in [3.63, 3.8) is 0 Å². The molecule has 4 heterocycles. The minimum Gasteiger partial charge on any atom is -0.489 e. The van der Waals surface area contributed by atoms with Gasteiger partial charge in [0.2, 0.25) is 0 Å². The molecule has 2 fully saturated rings. The monoisotopic (exact) mass is 606 g/mol. The molecule has 11 nitrogen and oxygen atoms in total. The maximum Gasteiger partial charge on any atom is 0.410 e. The number of nitrogens with zero attached hydrogens (tertiary/aromatic N) is 4. The first-order valence-corrected chi connectivity index (χ1v) is 15.5. The lowest BCUT2D eigenvalue weighted by Gasteiger charge is -2.34. The van der Waals surface area contributed by atoms with Gasteiger partial charge in [0, 0.05) is 62.4 Å². The molecular weight excluding hydrogens is 568 g/mol. The van der Waals surface area contributed by atoms with Crippen molar-refractivity contribution in [2.75, 3.05) is 41.7 Å². The lowest BCUT2D eigenvalue weighted by molar-refractivity contribution is 0.0126. The highest BCUT2D eigenvalue weighted by Gasteiger charge is 2.29. The zero-order valence-corrected chi connectivity index (χ0v) is 25.8. The molecule has 0 atom stereocenters. The largest absolute Gasteiger partial charge is 0.489 e. The van der Waals surface area contributed by atoms with E-state index in [1.807, 2.05) is 45.2 Å². The average molecular weight is 607 g/mol. The van der Waals surface area contributed by atoms with Crippen molar-refractivity contribution in [3.8, 4) is 5.75 Å². The Morgan fingerprint density at radius 2 is 1.70 bits per heavy atom. The summed E-state index contributed by atoms with van der Waals surface area (Å²) in [6.07, 6.45) is 5.90. The van der Waals surface area contributed by atoms with Crippen LogP contribution in [0.4, 0.5) is 21.3 Å². The van der Waals surface area contributed by atoms with E-state index in [1.165, 1.54) is 23.7 Å². The molecule has 2 N–H and O–H groups in total. The number of ether oxygens (including phenoxy) is 2. The summed E-state index contributed by atoms with van der Waals surface area (Å²) in [5.41, 5.74) is 2.14. The number of thiazole rings is 1. The molecule has 2 saturated heterocycles. The van der Waals surface area contributed by atoms with Crippen molar-refractivity contribution in [2.45, 2.75) is 65.1 Å². The van der Waals surface area contributed by atoms with E-state index < -0.39 is 17.4 Å². The Labute approximate surface area is 255 Å². The topological polar surface area (TPSA) is 126 Å². The number of carbonyl (C=O) groups is 3. The van der Waals surface area contributed by atoms with Crippen LogP contribution in [0.5, 0.6) is 5.75 Å². The number of nitrogens with one attached hydrogen (secondary N) is 2. The average Bonchev–Trinajstić information content (AvgIpc) is 3.65. The zero-order valence-electron chi connectivity index (χ0n) is 25.0. The molecular formula is C31H38N6O5S. The van der Waals surface area contributed by atoms with Gasteiger partial charge >= 0.3 is 6.09 Å². The van der Waals surface area contributed by atoms with E-state index in [1.54, 1.807) is 17.0 Å². The number of piperidine rings is 1. The van der Waals surface area contributed by atoms with Gasteiger partial charge < -0.3 is 24.6 Å². The molecule has 0 unspecified atom stereocenters. The third kappa shape index (κ3) is 7.81. The van der Waals surface area contributed by atoms with Gasteiger partial charge in [-0.3, -0.25) is 19.9 Å². The smallest absolute Gasteiger partial charge is 0.410 e. The highest BCUT2D eigenvalue weighted by molar-refractivity contribution is 7.13. The van der Waals surface area contributed by atoms with E-state index in [0.29, 0.717) is 42.4 Å². The van der Waals surface area contributed by atoms with Crippen LogP contribution in [0, 0.1) is 6.92 Å². The first kappa shape index (κ1) is 30.3. The van der Waals surface area contributed by atoms with Gasteiger partial charge in [-0.1, -0.05) is 0 Å². The fourth-order valence-corrected chi connectivity index (χ4v) is 5.77. The number of likely N-dealkylation sites (tertiary alicyclic amines) is 1. The van der Waals surface area contributed by atoms with E-state index in [9.17, 15) is 14.4 Å². The maximum atomic E-state index is 13.7. The first-order valence-electron chi connectivity index (χ1n) is 14.6. The van der Waals surface area contributed by atoms with Crippen molar-refractivity contribution >= 4 is 45.8 Å². The van der Waals surface area contributed by atoms with Gasteiger partial charge in [-0.25, -0.2) is 9.78 Å². The molecule has 3 aromatic rings. The van der Waals surface area contributed by atoms with Crippen molar-refractivity contribution in [1.29, 1.82) is 0 Å². The second-order valence-corrected chi connectivity index (χ2v) is 12.6. The molecule has 12 heteroatoms. The summed E-state index contributed by atoms with van der Waals surface area (Å²) in [6, 6.07) is 7.17. The quantitative estimate of drug-likeness (QED) is 0.349. The summed E-state index contributed by atoms with van der Waals surface area (Å²) < 4.78 is 12.0. The van der Waals surface area contributed by atoms with Gasteiger partial charge in [-0.15, -0.1) is 11.3 Å². The summed E-state index contributed by atoms with van der Waals surface area (Å²) in [6.45, 7) is 10.3. The number of aryl methyl sites for hydroxylation is 1. The summed E-state index contributed by atoms with van der Waals surface area (Å²) in [5.74, 6) is -0.350. The molecule has 2 aliphatic rings. The minimum atomic E-state index is -0.558. The second-order valence-electron chi connectivity index (χ2n) is 11.8. The fraction of sp³-hybridized carbons (Fsp3) is 0.452. The van der Waals surface area contributed by atoms with Gasteiger partial charge in [0.25, 0.3) is 11.8 Å². The Kier molecular flexibility index (Phi) is 9.14. The molecule has 2 aliphatic heterocycles. The van der Waals surface area contributed by atoms with E-state index in [-0.39, 0.29) is 23.4 Å². The Hall–Kier alpha value is -4.19. The molecule has 0 saturated carbocycles. The third-order valence-electron chi connectivity index (χ3n) is 7.22. The molecule has 3 amide bonds. The van der Waals surface area contributed by atoms with Crippen LogP contribution in [0.2, 0.25) is 0 Å². The highest BCUT2D eigenvalue weighted by atomic mass is 32.1. The lowest BCUT2D eigenvalue weighted by atomic mass is 10.1. The molecule has 0 spiro atoms. The number of pyridine rings is 1. The van der Waals surface area contributed by atoms with Crippen LogP contribution in [0.15, 0.2) is 42.0 Å². The number of benzene rings is 1. The first-order chi connectivity index (χ1) is 20.6. The van der Waals surface area contributed by atoms with Gasteiger partial charge in [0.05, 0.1) is 28.7 Å². The third-order valence-corrected chi connectivity index (χ3v) is 8.10. The van der Waals surface area contributed by atoms with Gasteiger partial charge in [0.15, 0.2) is 5.13 Å². The van der Waals surface area contributed by atoms with Gasteiger partial charge in [-0.2, -0.15) is 0 Å². The Bertz CT molecular complexity index is 1470. The summed E-state index contributed by atoms with van der Waals surface area (Å²) in [4.78, 5) is 51.6. The Morgan fingerprint density at radius 3 is 2.37 bits per heavy atom. The summed E-state index contributed by atoms with van der Waals surface area (Å²) in [5, 5.41) is 7.97. The van der Waals surface area contributed by atoms with Crippen LogP contribution >= 0.6 is 11.3 Å². The minimum absolute atomic E-state index is 0.180. The van der Waals surface area contributed by atoms with Gasteiger partial charge in [-0.05, 0) is 58.7 Å². The summed E-state index contributed by atoms with van der Waals surface area (Å²) in [7, 11) is 0. The molecule has 1 aromatic carbocycles. The molecule has 43 heavy (non-hydrogen) atoms.